The standard InChI is InChI=1S/C21H26FN3O2Si/c1-27-21(26)14-9-13(14)17-10-24-19(11-23-17)25-16-7-5-12-18(28(2,3)4)8-6-15(22)20(12)16/h6,8,10-11,13-14,16H,5,7,9H2,1-4H3,(H,24,25)/t13-,14-,16+/m0/s1. The molecular formula is C21H26FN3O2Si. The zero-order valence-corrected chi connectivity index (χ0v) is 17.8. The maximum atomic E-state index is 14.6. The number of nitrogens with zero attached hydrogens (tertiary/aromatic N) is 2. The van der Waals surface area contributed by atoms with E-state index < -0.39 is 8.07 Å². The molecule has 0 radical (unpaired) electrons. The Bertz CT molecular complexity index is 911. The van der Waals surface area contributed by atoms with Crippen molar-refractivity contribution < 1.29 is 13.9 Å². The van der Waals surface area contributed by atoms with Crippen LogP contribution in [-0.4, -0.2) is 31.1 Å². The van der Waals surface area contributed by atoms with Crippen molar-refractivity contribution in [1.29, 1.82) is 0 Å². The van der Waals surface area contributed by atoms with Gasteiger partial charge in [0.1, 0.15) is 11.6 Å². The van der Waals surface area contributed by atoms with Crippen LogP contribution >= 0.6 is 0 Å². The molecule has 7 heteroatoms. The highest BCUT2D eigenvalue weighted by Gasteiger charge is 2.46. The Balaban J connectivity index is 1.51. The number of aromatic nitrogens is 2. The van der Waals surface area contributed by atoms with Crippen LogP contribution in [0.5, 0.6) is 0 Å². The summed E-state index contributed by atoms with van der Waals surface area (Å²) < 4.78 is 19.4. The van der Waals surface area contributed by atoms with Gasteiger partial charge in [-0.25, -0.2) is 9.37 Å². The van der Waals surface area contributed by atoms with Gasteiger partial charge in [0.15, 0.2) is 0 Å². The van der Waals surface area contributed by atoms with E-state index in [2.05, 4.69) is 34.9 Å². The summed E-state index contributed by atoms with van der Waals surface area (Å²) in [4.78, 5) is 20.5. The molecule has 0 amide bonds. The molecule has 1 N–H and O–H groups in total. The average Bonchev–Trinajstić information content (AvgIpc) is 3.35. The number of carbonyl (C=O) groups is 1. The highest BCUT2D eigenvalue weighted by molar-refractivity contribution is 6.89. The number of anilines is 1. The first-order valence-electron chi connectivity index (χ1n) is 9.77. The van der Waals surface area contributed by atoms with Gasteiger partial charge in [0.2, 0.25) is 0 Å². The molecule has 5 nitrogen and oxygen atoms in total. The lowest BCUT2D eigenvalue weighted by molar-refractivity contribution is -0.142. The number of carbonyl (C=O) groups excluding carboxylic acids is 1. The van der Waals surface area contributed by atoms with Crippen LogP contribution in [0.25, 0.3) is 0 Å². The van der Waals surface area contributed by atoms with Gasteiger partial charge < -0.3 is 10.1 Å². The van der Waals surface area contributed by atoms with Crippen LogP contribution in [0.4, 0.5) is 10.2 Å². The molecule has 0 saturated heterocycles. The summed E-state index contributed by atoms with van der Waals surface area (Å²) in [5.74, 6) is 0.294. The number of fused-ring (bicyclic) bond motifs is 1. The lowest BCUT2D eigenvalue weighted by atomic mass is 10.1. The molecule has 148 valence electrons. The maximum Gasteiger partial charge on any atom is 0.309 e. The first-order chi connectivity index (χ1) is 13.3. The minimum absolute atomic E-state index is 0.0878. The van der Waals surface area contributed by atoms with Gasteiger partial charge in [0.25, 0.3) is 0 Å². The van der Waals surface area contributed by atoms with E-state index in [0.29, 0.717) is 5.82 Å². The third-order valence-electron chi connectivity index (χ3n) is 5.81. The van der Waals surface area contributed by atoms with Gasteiger partial charge >= 0.3 is 5.97 Å². The minimum Gasteiger partial charge on any atom is -0.469 e. The molecule has 0 aliphatic heterocycles. The van der Waals surface area contributed by atoms with Crippen molar-refractivity contribution in [3.8, 4) is 0 Å². The van der Waals surface area contributed by atoms with Crippen molar-refractivity contribution in [3.05, 3.63) is 47.2 Å². The zero-order chi connectivity index (χ0) is 20.1. The summed E-state index contributed by atoms with van der Waals surface area (Å²) in [6.07, 6.45) is 5.89. The number of halogens is 1. The zero-order valence-electron chi connectivity index (χ0n) is 16.8. The minimum atomic E-state index is -1.53. The second-order valence-corrected chi connectivity index (χ2v) is 13.8. The van der Waals surface area contributed by atoms with Crippen LogP contribution in [0.1, 0.15) is 41.6 Å². The van der Waals surface area contributed by atoms with E-state index in [1.807, 2.05) is 6.07 Å². The predicted octanol–water partition coefficient (Wildman–Crippen LogP) is 3.54. The second-order valence-electron chi connectivity index (χ2n) is 8.77. The lowest BCUT2D eigenvalue weighted by Crippen LogP contribution is -2.40. The number of hydrogen-bond donors (Lipinski definition) is 1. The molecular weight excluding hydrogens is 373 g/mol. The van der Waals surface area contributed by atoms with E-state index in [1.165, 1.54) is 17.9 Å². The van der Waals surface area contributed by atoms with Gasteiger partial charge in [-0.15, -0.1) is 0 Å². The Morgan fingerprint density at radius 1 is 1.25 bits per heavy atom. The maximum absolute atomic E-state index is 14.6. The molecule has 2 aliphatic carbocycles. The van der Waals surface area contributed by atoms with Crippen molar-refractivity contribution in [1.82, 2.24) is 9.97 Å². The molecule has 0 spiro atoms. The van der Waals surface area contributed by atoms with Crippen LogP contribution in [0.3, 0.4) is 0 Å². The van der Waals surface area contributed by atoms with Crippen LogP contribution in [0, 0.1) is 11.7 Å². The van der Waals surface area contributed by atoms with E-state index >= 15 is 0 Å². The van der Waals surface area contributed by atoms with Gasteiger partial charge in [0.05, 0.1) is 45.2 Å². The van der Waals surface area contributed by atoms with Gasteiger partial charge in [-0.3, -0.25) is 9.78 Å². The summed E-state index contributed by atoms with van der Waals surface area (Å²) in [6.45, 7) is 6.89. The van der Waals surface area contributed by atoms with Crippen molar-refractivity contribution in [3.63, 3.8) is 0 Å². The smallest absolute Gasteiger partial charge is 0.309 e. The normalized spacial score (nSPS) is 23.2. The first kappa shape index (κ1) is 19.1. The highest BCUT2D eigenvalue weighted by Crippen LogP contribution is 2.47. The van der Waals surface area contributed by atoms with Crippen LogP contribution < -0.4 is 10.5 Å². The third kappa shape index (κ3) is 3.43. The SMILES string of the molecule is COC(=O)[C@H]1C[C@@H]1c1cnc(N[C@@H]2CCc3c([Si](C)(C)C)ccc(F)c32)cn1. The van der Waals surface area contributed by atoms with Gasteiger partial charge in [-0.05, 0) is 30.9 Å². The van der Waals surface area contributed by atoms with Crippen molar-refractivity contribution in [2.24, 2.45) is 5.92 Å². The van der Waals surface area contributed by atoms with Crippen molar-refractivity contribution in [2.75, 3.05) is 12.4 Å². The fourth-order valence-corrected chi connectivity index (χ4v) is 6.03. The van der Waals surface area contributed by atoms with Crippen LogP contribution in [0.2, 0.25) is 19.6 Å². The summed E-state index contributed by atoms with van der Waals surface area (Å²) in [7, 11) is -0.122. The first-order valence-corrected chi connectivity index (χ1v) is 13.3. The molecule has 1 aromatic carbocycles. The van der Waals surface area contributed by atoms with Gasteiger partial charge in [-0.2, -0.15) is 0 Å². The summed E-state index contributed by atoms with van der Waals surface area (Å²) >= 11 is 0. The average molecular weight is 400 g/mol. The van der Waals surface area contributed by atoms with E-state index in [0.717, 1.165) is 30.5 Å². The molecule has 2 aromatic rings. The molecule has 0 unspecified atom stereocenters. The summed E-state index contributed by atoms with van der Waals surface area (Å²) in [5, 5.41) is 4.70. The Labute approximate surface area is 165 Å². The summed E-state index contributed by atoms with van der Waals surface area (Å²) in [5.41, 5.74) is 2.78. The van der Waals surface area contributed by atoms with Crippen LogP contribution in [0.15, 0.2) is 24.5 Å². The molecule has 2 aliphatic rings. The Morgan fingerprint density at radius 2 is 2.04 bits per heavy atom. The molecule has 3 atom stereocenters. The molecule has 1 fully saturated rings. The van der Waals surface area contributed by atoms with E-state index in [9.17, 15) is 9.18 Å². The predicted molar refractivity (Wildman–Crippen MR) is 109 cm³/mol. The van der Waals surface area contributed by atoms with Crippen LogP contribution in [-0.2, 0) is 16.0 Å². The third-order valence-corrected chi connectivity index (χ3v) is 7.90. The Morgan fingerprint density at radius 3 is 2.68 bits per heavy atom. The number of esters is 1. The topological polar surface area (TPSA) is 64.1 Å². The quantitative estimate of drug-likeness (QED) is 0.615. The highest BCUT2D eigenvalue weighted by atomic mass is 28.3. The van der Waals surface area contributed by atoms with Gasteiger partial charge in [0, 0.05) is 11.5 Å². The number of ether oxygens (including phenoxy) is 1. The van der Waals surface area contributed by atoms with Gasteiger partial charge in [-0.1, -0.05) is 30.9 Å². The Kier molecular flexibility index (Phi) is 4.73. The molecule has 1 aromatic heterocycles. The number of methoxy groups -OCH3 is 1. The van der Waals surface area contributed by atoms with Crippen molar-refractivity contribution in [2.45, 2.75) is 50.9 Å². The van der Waals surface area contributed by atoms with Crippen molar-refractivity contribution >= 4 is 25.0 Å². The van der Waals surface area contributed by atoms with E-state index in [1.54, 1.807) is 18.5 Å². The number of hydrogen-bond acceptors (Lipinski definition) is 5. The molecule has 1 saturated carbocycles. The van der Waals surface area contributed by atoms with E-state index in [-0.39, 0.29) is 29.7 Å². The monoisotopic (exact) mass is 399 g/mol. The fraction of sp³-hybridized carbons (Fsp3) is 0.476. The number of benzene rings is 1. The molecule has 28 heavy (non-hydrogen) atoms. The second kappa shape index (κ2) is 6.95. The summed E-state index contributed by atoms with van der Waals surface area (Å²) in [6, 6.07) is 3.50. The fourth-order valence-electron chi connectivity index (χ4n) is 4.28. The molecule has 1 heterocycles. The van der Waals surface area contributed by atoms with E-state index in [4.69, 9.17) is 4.74 Å². The Hall–Kier alpha value is -2.28. The lowest BCUT2D eigenvalue weighted by Gasteiger charge is -2.22. The number of nitrogens with one attached hydrogen (secondary N) is 1. The largest absolute Gasteiger partial charge is 0.469 e. The number of rotatable bonds is 5. The molecule has 0 bridgehead atoms. The molecule has 4 rings (SSSR count).